The quantitative estimate of drug-likeness (QED) is 0.559. The van der Waals surface area contributed by atoms with Crippen LogP contribution in [0.25, 0.3) is 0 Å². The van der Waals surface area contributed by atoms with Crippen molar-refractivity contribution in [1.29, 1.82) is 0 Å². The van der Waals surface area contributed by atoms with Crippen LogP contribution in [0, 0.1) is 6.92 Å². The molecule has 7 heavy (non-hydrogen) atoms. The molecule has 34 valence electrons. The van der Waals surface area contributed by atoms with Crippen molar-refractivity contribution < 1.29 is 31.0 Å². The van der Waals surface area contributed by atoms with Gasteiger partial charge in [-0.1, -0.05) is 0 Å². The maximum atomic E-state index is 3.74. The number of nitrogens with one attached hydrogen (secondary N) is 1. The fraction of sp³-hybridized carbons (Fsp3) is 0.333. The van der Waals surface area contributed by atoms with Gasteiger partial charge < -0.3 is 0 Å². The molecule has 0 unspecified atom stereocenters. The third-order valence-electron chi connectivity index (χ3n) is 0.760. The van der Waals surface area contributed by atoms with Crippen molar-refractivity contribution in [2.75, 3.05) is 0 Å². The number of aromatic amines is 1. The first-order valence-corrected chi connectivity index (χ1v) is 3.36. The summed E-state index contributed by atoms with van der Waals surface area (Å²) in [4.78, 5) is 0. The predicted molar refractivity (Wildman–Crippen MR) is 20.8 cm³/mol. The third-order valence-corrected chi connectivity index (χ3v) is 2.10. The van der Waals surface area contributed by atoms with Crippen LogP contribution < -0.4 is 2.50 Å². The molecular formula is C3H4N3Y. The molecule has 0 amide bonds. The Morgan fingerprint density at radius 1 is 1.71 bits per heavy atom. The summed E-state index contributed by atoms with van der Waals surface area (Å²) < 4.78 is 1.17. The van der Waals surface area contributed by atoms with Crippen LogP contribution in [0.4, 0.5) is 0 Å². The Balaban J connectivity index is 3.12. The van der Waals surface area contributed by atoms with E-state index >= 15 is 0 Å². The van der Waals surface area contributed by atoms with Crippen LogP contribution in [0.5, 0.6) is 0 Å². The first-order valence-electron chi connectivity index (χ1n) is 1.94. The maximum absolute atomic E-state index is 3.74. The van der Waals surface area contributed by atoms with Crippen molar-refractivity contribution >= 4 is 2.50 Å². The van der Waals surface area contributed by atoms with Gasteiger partial charge in [0.15, 0.2) is 0 Å². The van der Waals surface area contributed by atoms with Gasteiger partial charge in [0.2, 0.25) is 0 Å². The molecule has 0 saturated carbocycles. The van der Waals surface area contributed by atoms with E-state index in [1.807, 2.05) is 6.92 Å². The summed E-state index contributed by atoms with van der Waals surface area (Å²) in [5.41, 5.74) is 1.03. The fourth-order valence-corrected chi connectivity index (χ4v) is 0.572. The Morgan fingerprint density at radius 2 is 2.43 bits per heavy atom. The van der Waals surface area contributed by atoms with Gasteiger partial charge >= 0.3 is 61.5 Å². The van der Waals surface area contributed by atoms with Gasteiger partial charge in [0.05, 0.1) is 0 Å². The van der Waals surface area contributed by atoms with E-state index in [0.29, 0.717) is 0 Å². The summed E-state index contributed by atoms with van der Waals surface area (Å²) in [5, 5.41) is 10.1. The van der Waals surface area contributed by atoms with E-state index in [0.717, 1.165) is 36.6 Å². The summed E-state index contributed by atoms with van der Waals surface area (Å²) in [6, 6.07) is 0. The average molecular weight is 171 g/mol. The second kappa shape index (κ2) is 2.01. The Hall–Kier alpha value is 0.244. The molecule has 0 aliphatic rings. The van der Waals surface area contributed by atoms with Gasteiger partial charge in [-0.25, -0.2) is 0 Å². The monoisotopic (exact) mass is 171 g/mol. The molecule has 0 radical (unpaired) electrons. The van der Waals surface area contributed by atoms with E-state index in [-0.39, 0.29) is 0 Å². The molecule has 0 saturated heterocycles. The Morgan fingerprint density at radius 3 is 2.57 bits per heavy atom. The Labute approximate surface area is 61.3 Å². The van der Waals surface area contributed by atoms with Crippen LogP contribution >= 0.6 is 0 Å². The molecule has 1 rings (SSSR count). The van der Waals surface area contributed by atoms with Gasteiger partial charge in [-0.2, -0.15) is 0 Å². The topological polar surface area (TPSA) is 41.6 Å². The molecule has 0 bridgehead atoms. The summed E-state index contributed by atoms with van der Waals surface area (Å²) in [6.07, 6.45) is 0. The molecule has 0 atom stereocenters. The Kier molecular flexibility index (Phi) is 1.54. The molecule has 1 N–H and O–H groups in total. The predicted octanol–water partition coefficient (Wildman–Crippen LogP) is -0.715. The van der Waals surface area contributed by atoms with Crippen molar-refractivity contribution in [2.45, 2.75) is 6.92 Å². The molecule has 0 aliphatic heterocycles. The summed E-state index contributed by atoms with van der Waals surface area (Å²) in [6.45, 7) is 1.95. The zero-order valence-electron chi connectivity index (χ0n) is 3.97. The van der Waals surface area contributed by atoms with Gasteiger partial charge in [0.25, 0.3) is 0 Å². The summed E-state index contributed by atoms with van der Waals surface area (Å²) >= 11 is 1.08. The Bertz CT molecular complexity index is 142. The van der Waals surface area contributed by atoms with E-state index in [2.05, 4.69) is 15.4 Å². The van der Waals surface area contributed by atoms with Gasteiger partial charge in [0.1, 0.15) is 0 Å². The molecule has 0 spiro atoms. The van der Waals surface area contributed by atoms with Crippen LogP contribution in [0.15, 0.2) is 0 Å². The molecule has 1 heterocycles. The second-order valence-electron chi connectivity index (χ2n) is 1.31. The van der Waals surface area contributed by atoms with E-state index in [1.54, 1.807) is 0 Å². The van der Waals surface area contributed by atoms with Crippen molar-refractivity contribution in [3.63, 3.8) is 0 Å². The van der Waals surface area contributed by atoms with Gasteiger partial charge in [-0.15, -0.1) is 0 Å². The molecule has 1 aromatic rings. The molecule has 0 aliphatic carbocycles. The number of aryl methyl sites for hydroxylation is 1. The van der Waals surface area contributed by atoms with Crippen LogP contribution in [0.3, 0.4) is 0 Å². The van der Waals surface area contributed by atoms with Crippen molar-refractivity contribution in [2.24, 2.45) is 0 Å². The average Bonchev–Trinajstić information content (AvgIpc) is 1.91. The SMILES string of the molecule is Cc1nn[nH][c]1[Y]. The number of aromatic nitrogens is 3. The van der Waals surface area contributed by atoms with Crippen molar-refractivity contribution in [3.05, 3.63) is 5.69 Å². The third kappa shape index (κ3) is 1.07. The molecule has 3 nitrogen and oxygen atoms in total. The molecule has 0 aromatic carbocycles. The van der Waals surface area contributed by atoms with E-state index in [9.17, 15) is 0 Å². The fourth-order valence-electron chi connectivity index (χ4n) is 0.289. The van der Waals surface area contributed by atoms with Crippen molar-refractivity contribution in [3.8, 4) is 0 Å². The van der Waals surface area contributed by atoms with Crippen LogP contribution in [-0.2, 0) is 31.0 Å². The number of hydrogen-bond acceptors (Lipinski definition) is 2. The van der Waals surface area contributed by atoms with Crippen LogP contribution in [0.2, 0.25) is 0 Å². The number of nitrogens with zero attached hydrogens (tertiary/aromatic N) is 2. The molecule has 0 fully saturated rings. The molecule has 1 aromatic heterocycles. The van der Waals surface area contributed by atoms with E-state index < -0.39 is 0 Å². The molecule has 4 heteroatoms. The normalized spacial score (nSPS) is 9.14. The van der Waals surface area contributed by atoms with Gasteiger partial charge in [-0.05, 0) is 0 Å². The summed E-state index contributed by atoms with van der Waals surface area (Å²) in [7, 11) is 0. The standard InChI is InChI=1S/C3H4N3.Y/c1-3-2-4-6-5-3;/h1H3,(H,4,5,6);. The van der Waals surface area contributed by atoms with Gasteiger partial charge in [0, 0.05) is 0 Å². The minimum atomic E-state index is 1.03. The number of rotatable bonds is 0. The van der Waals surface area contributed by atoms with Crippen LogP contribution in [-0.4, -0.2) is 15.4 Å². The van der Waals surface area contributed by atoms with E-state index in [1.165, 1.54) is 2.50 Å². The first kappa shape index (κ1) is 5.38. The number of H-pyrrole nitrogens is 1. The second-order valence-corrected chi connectivity index (χ2v) is 2.73. The zero-order valence-corrected chi connectivity index (χ0v) is 6.81. The number of hydrogen-bond donors (Lipinski definition) is 1. The molecular weight excluding hydrogens is 167 g/mol. The van der Waals surface area contributed by atoms with Gasteiger partial charge in [-0.3, -0.25) is 0 Å². The van der Waals surface area contributed by atoms with E-state index in [4.69, 9.17) is 0 Å². The first-order chi connectivity index (χ1) is 3.30. The zero-order chi connectivity index (χ0) is 5.28. The van der Waals surface area contributed by atoms with Crippen molar-refractivity contribution in [1.82, 2.24) is 15.4 Å². The minimum absolute atomic E-state index is 1.03. The van der Waals surface area contributed by atoms with Crippen LogP contribution in [0.1, 0.15) is 5.69 Å². The summed E-state index contributed by atoms with van der Waals surface area (Å²) in [5.74, 6) is 0.